The van der Waals surface area contributed by atoms with Crippen LogP contribution in [-0.4, -0.2) is 45.8 Å². The molecule has 33 heavy (non-hydrogen) atoms. The molecule has 3 aromatic rings. The number of aromatic nitrogens is 3. The van der Waals surface area contributed by atoms with Crippen molar-refractivity contribution >= 4 is 5.91 Å². The number of hydrogen-bond acceptors (Lipinski definition) is 7. The largest absolute Gasteiger partial charge is 0.380 e. The molecule has 0 aliphatic carbocycles. The molecule has 1 fully saturated rings. The minimum absolute atomic E-state index is 0.0502. The summed E-state index contributed by atoms with van der Waals surface area (Å²) in [5.41, 5.74) is 1.42. The average molecular weight is 453 g/mol. The molecular weight excluding hydrogens is 418 g/mol. The standard InChI is InChI=1S/C25H31N5O3/c1-16(2)18-5-7-20(8-6-18)25(32,24(4)14-27-15-24)21-11-19(12-26-13-21)23-29-22(33-30-23)9-10-28-17(3)31/h5-8,11-13,16,27,32H,9-10,14-15H2,1-4H3,(H,28,31)/t25-/m0/s1/i3D3. The van der Waals surface area contributed by atoms with E-state index in [0.29, 0.717) is 30.1 Å². The summed E-state index contributed by atoms with van der Waals surface area (Å²) >= 11 is 0. The lowest BCUT2D eigenvalue weighted by molar-refractivity contribution is -0.118. The van der Waals surface area contributed by atoms with E-state index in [4.69, 9.17) is 8.64 Å². The van der Waals surface area contributed by atoms with Crippen molar-refractivity contribution in [2.75, 3.05) is 19.6 Å². The van der Waals surface area contributed by atoms with Gasteiger partial charge in [0.25, 0.3) is 0 Å². The quantitative estimate of drug-likeness (QED) is 0.482. The second kappa shape index (κ2) is 9.03. The Bertz CT molecular complexity index is 1220. The van der Waals surface area contributed by atoms with Crippen molar-refractivity contribution in [3.63, 3.8) is 0 Å². The van der Waals surface area contributed by atoms with E-state index < -0.39 is 23.8 Å². The third-order valence-electron chi connectivity index (χ3n) is 6.41. The number of benzene rings is 1. The fraction of sp³-hybridized carbons (Fsp3) is 0.440. The zero-order valence-corrected chi connectivity index (χ0v) is 19.1. The number of amides is 1. The van der Waals surface area contributed by atoms with Gasteiger partial charge in [-0.05, 0) is 23.1 Å². The second-order valence-electron chi connectivity index (χ2n) is 9.13. The number of aliphatic hydroxyl groups is 1. The lowest BCUT2D eigenvalue weighted by Gasteiger charge is -2.52. The number of carbonyl (C=O) groups is 1. The zero-order valence-electron chi connectivity index (χ0n) is 22.1. The van der Waals surface area contributed by atoms with E-state index in [0.717, 1.165) is 5.56 Å². The smallest absolute Gasteiger partial charge is 0.228 e. The maximum absolute atomic E-state index is 12.2. The molecule has 3 N–H and O–H groups in total. The molecule has 1 amide bonds. The van der Waals surface area contributed by atoms with Crippen molar-refractivity contribution in [2.24, 2.45) is 5.41 Å². The molecule has 1 atom stereocenters. The summed E-state index contributed by atoms with van der Waals surface area (Å²) in [6.45, 7) is 4.95. The molecular formula is C25H31N5O3. The van der Waals surface area contributed by atoms with Gasteiger partial charge in [-0.3, -0.25) is 9.78 Å². The van der Waals surface area contributed by atoms with Gasteiger partial charge in [0.15, 0.2) is 0 Å². The first-order chi connectivity index (χ1) is 16.9. The molecule has 1 saturated heterocycles. The van der Waals surface area contributed by atoms with E-state index >= 15 is 0 Å². The van der Waals surface area contributed by atoms with Crippen LogP contribution >= 0.6 is 0 Å². The van der Waals surface area contributed by atoms with Crippen LogP contribution in [0.5, 0.6) is 0 Å². The van der Waals surface area contributed by atoms with Gasteiger partial charge in [-0.25, -0.2) is 0 Å². The first kappa shape index (κ1) is 19.4. The van der Waals surface area contributed by atoms with Gasteiger partial charge in [-0.2, -0.15) is 4.98 Å². The van der Waals surface area contributed by atoms with Crippen LogP contribution in [0.2, 0.25) is 0 Å². The number of carbonyl (C=O) groups excluding carboxylic acids is 1. The van der Waals surface area contributed by atoms with E-state index in [-0.39, 0.29) is 24.7 Å². The molecule has 0 radical (unpaired) electrons. The lowest BCUT2D eigenvalue weighted by Crippen LogP contribution is -2.63. The Kier molecular flexibility index (Phi) is 5.30. The van der Waals surface area contributed by atoms with Gasteiger partial charge in [-0.15, -0.1) is 0 Å². The second-order valence-corrected chi connectivity index (χ2v) is 9.13. The minimum Gasteiger partial charge on any atom is -0.380 e. The zero-order chi connectivity index (χ0) is 26.1. The predicted octanol–water partition coefficient (Wildman–Crippen LogP) is 2.78. The molecule has 1 aromatic carbocycles. The van der Waals surface area contributed by atoms with Crippen LogP contribution in [0.15, 0.2) is 47.2 Å². The third-order valence-corrected chi connectivity index (χ3v) is 6.41. The highest BCUT2D eigenvalue weighted by molar-refractivity contribution is 5.72. The van der Waals surface area contributed by atoms with Crippen LogP contribution < -0.4 is 10.6 Å². The van der Waals surface area contributed by atoms with Crippen LogP contribution in [0.1, 0.15) is 60.2 Å². The normalized spacial score (nSPS) is 18.5. The Morgan fingerprint density at radius 3 is 2.70 bits per heavy atom. The molecule has 0 saturated carbocycles. The Balaban J connectivity index is 1.60. The summed E-state index contributed by atoms with van der Waals surface area (Å²) in [6, 6.07) is 9.87. The van der Waals surface area contributed by atoms with Crippen LogP contribution in [0.3, 0.4) is 0 Å². The van der Waals surface area contributed by atoms with E-state index in [1.165, 1.54) is 5.56 Å². The fourth-order valence-electron chi connectivity index (χ4n) is 4.25. The van der Waals surface area contributed by atoms with Crippen LogP contribution in [0, 0.1) is 5.41 Å². The first-order valence-corrected chi connectivity index (χ1v) is 11.0. The Labute approximate surface area is 198 Å². The molecule has 3 heterocycles. The van der Waals surface area contributed by atoms with E-state index in [2.05, 4.69) is 39.6 Å². The van der Waals surface area contributed by atoms with Crippen molar-refractivity contribution in [1.29, 1.82) is 0 Å². The summed E-state index contributed by atoms with van der Waals surface area (Å²) in [5.74, 6) is -0.113. The summed E-state index contributed by atoms with van der Waals surface area (Å²) in [4.78, 5) is 20.2. The van der Waals surface area contributed by atoms with E-state index in [9.17, 15) is 9.90 Å². The van der Waals surface area contributed by atoms with Crippen molar-refractivity contribution < 1.29 is 18.5 Å². The monoisotopic (exact) mass is 452 g/mol. The van der Waals surface area contributed by atoms with Crippen LogP contribution in [0.25, 0.3) is 11.4 Å². The fourth-order valence-corrected chi connectivity index (χ4v) is 4.25. The van der Waals surface area contributed by atoms with E-state index in [1.807, 2.05) is 37.3 Å². The van der Waals surface area contributed by atoms with Crippen molar-refractivity contribution in [1.82, 2.24) is 25.8 Å². The molecule has 0 unspecified atom stereocenters. The predicted molar refractivity (Wildman–Crippen MR) is 124 cm³/mol. The van der Waals surface area contributed by atoms with Gasteiger partial charge in [0, 0.05) is 66.0 Å². The molecule has 8 heteroatoms. The number of nitrogens with one attached hydrogen (secondary N) is 2. The summed E-state index contributed by atoms with van der Waals surface area (Å²) in [6.07, 6.45) is 3.44. The molecule has 4 rings (SSSR count). The number of pyridine rings is 1. The van der Waals surface area contributed by atoms with Gasteiger partial charge in [0.2, 0.25) is 17.6 Å². The number of hydrogen-bond donors (Lipinski definition) is 3. The molecule has 2 aromatic heterocycles. The molecule has 174 valence electrons. The highest BCUT2D eigenvalue weighted by Crippen LogP contribution is 2.48. The van der Waals surface area contributed by atoms with Crippen LogP contribution in [-0.2, 0) is 16.8 Å². The van der Waals surface area contributed by atoms with Gasteiger partial charge in [-0.1, -0.05) is 50.2 Å². The SMILES string of the molecule is [2H]C([2H])([2H])C(=O)NCCc1nc(-c2cncc([C@@](O)(c3ccc(C(C)C)cc3)C3(C)CNC3)c2)no1. The third kappa shape index (κ3) is 4.41. The van der Waals surface area contributed by atoms with Gasteiger partial charge in [0.1, 0.15) is 5.60 Å². The Hall–Kier alpha value is -3.10. The lowest BCUT2D eigenvalue weighted by atomic mass is 9.63. The Morgan fingerprint density at radius 2 is 2.06 bits per heavy atom. The highest BCUT2D eigenvalue weighted by Gasteiger charge is 2.53. The van der Waals surface area contributed by atoms with Gasteiger partial charge < -0.3 is 20.3 Å². The molecule has 0 bridgehead atoms. The molecule has 0 spiro atoms. The minimum atomic E-state index is -2.70. The van der Waals surface area contributed by atoms with Crippen molar-refractivity contribution in [3.05, 3.63) is 65.3 Å². The summed E-state index contributed by atoms with van der Waals surface area (Å²) in [5, 5.41) is 21.9. The first-order valence-electron chi connectivity index (χ1n) is 12.5. The molecule has 1 aliphatic rings. The van der Waals surface area contributed by atoms with E-state index in [1.54, 1.807) is 12.4 Å². The summed E-state index contributed by atoms with van der Waals surface area (Å²) < 4.78 is 26.6. The van der Waals surface area contributed by atoms with Gasteiger partial charge >= 0.3 is 0 Å². The topological polar surface area (TPSA) is 113 Å². The maximum atomic E-state index is 12.2. The van der Waals surface area contributed by atoms with Crippen molar-refractivity contribution in [2.45, 2.75) is 45.6 Å². The number of rotatable bonds is 8. The molecule has 1 aliphatic heterocycles. The molecule has 8 nitrogen and oxygen atoms in total. The number of nitrogens with zero attached hydrogens (tertiary/aromatic N) is 3. The van der Waals surface area contributed by atoms with Gasteiger partial charge in [0.05, 0.1) is 0 Å². The van der Waals surface area contributed by atoms with Crippen LogP contribution in [0.4, 0.5) is 0 Å². The average Bonchev–Trinajstić information content (AvgIpc) is 3.30. The summed E-state index contributed by atoms with van der Waals surface area (Å²) in [7, 11) is 0. The van der Waals surface area contributed by atoms with Crippen molar-refractivity contribution in [3.8, 4) is 11.4 Å². The highest BCUT2D eigenvalue weighted by atomic mass is 16.5. The Morgan fingerprint density at radius 1 is 1.30 bits per heavy atom. The maximum Gasteiger partial charge on any atom is 0.228 e.